The van der Waals surface area contributed by atoms with Gasteiger partial charge in [0.1, 0.15) is 17.3 Å². The SMILES string of the molecule is CCC1(C)NC(=O)N(Cc2cccnc2C#N)C1=O. The van der Waals surface area contributed by atoms with Crippen molar-refractivity contribution in [2.75, 3.05) is 0 Å². The van der Waals surface area contributed by atoms with Crippen molar-refractivity contribution in [2.24, 2.45) is 0 Å². The van der Waals surface area contributed by atoms with Crippen LogP contribution < -0.4 is 5.32 Å². The Morgan fingerprint density at radius 2 is 2.26 bits per heavy atom. The fourth-order valence-electron chi connectivity index (χ4n) is 1.97. The first-order chi connectivity index (χ1) is 9.01. The van der Waals surface area contributed by atoms with Crippen LogP contribution in [0.3, 0.4) is 0 Å². The molecule has 2 rings (SSSR count). The van der Waals surface area contributed by atoms with Crippen LogP contribution in [-0.4, -0.2) is 27.4 Å². The molecular formula is C13H14N4O2. The third-order valence-corrected chi connectivity index (χ3v) is 3.38. The second-order valence-corrected chi connectivity index (χ2v) is 4.63. The molecule has 0 aromatic carbocycles. The summed E-state index contributed by atoms with van der Waals surface area (Å²) in [5, 5.41) is 11.6. The number of carbonyl (C=O) groups is 2. The predicted octanol–water partition coefficient (Wildman–Crippen LogP) is 1.17. The number of imide groups is 1. The third-order valence-electron chi connectivity index (χ3n) is 3.38. The molecule has 98 valence electrons. The van der Waals surface area contributed by atoms with Crippen molar-refractivity contribution in [1.82, 2.24) is 15.2 Å². The fraction of sp³-hybridized carbons (Fsp3) is 0.385. The zero-order chi connectivity index (χ0) is 14.0. The molecule has 0 spiro atoms. The first-order valence-electron chi connectivity index (χ1n) is 6.00. The van der Waals surface area contributed by atoms with E-state index in [1.807, 2.05) is 13.0 Å². The van der Waals surface area contributed by atoms with Crippen molar-refractivity contribution in [3.05, 3.63) is 29.6 Å². The van der Waals surface area contributed by atoms with E-state index in [9.17, 15) is 9.59 Å². The summed E-state index contributed by atoms with van der Waals surface area (Å²) in [6, 6.07) is 4.89. The molecule has 1 N–H and O–H groups in total. The number of amides is 3. The summed E-state index contributed by atoms with van der Waals surface area (Å²) >= 11 is 0. The summed E-state index contributed by atoms with van der Waals surface area (Å²) in [4.78, 5) is 29.1. The van der Waals surface area contributed by atoms with Crippen molar-refractivity contribution in [2.45, 2.75) is 32.4 Å². The molecule has 0 saturated carbocycles. The van der Waals surface area contributed by atoms with Crippen molar-refractivity contribution in [3.8, 4) is 6.07 Å². The number of rotatable bonds is 3. The minimum Gasteiger partial charge on any atom is -0.323 e. The first kappa shape index (κ1) is 13.0. The van der Waals surface area contributed by atoms with Gasteiger partial charge in [-0.2, -0.15) is 5.26 Å². The number of aromatic nitrogens is 1. The third kappa shape index (κ3) is 2.15. The van der Waals surface area contributed by atoms with Crippen LogP contribution in [0.4, 0.5) is 4.79 Å². The molecule has 1 aliphatic rings. The average Bonchev–Trinajstić information content (AvgIpc) is 2.63. The smallest absolute Gasteiger partial charge is 0.323 e. The molecule has 2 heterocycles. The Bertz CT molecular complexity index is 578. The molecule has 6 heteroatoms. The van der Waals surface area contributed by atoms with E-state index in [4.69, 9.17) is 5.26 Å². The second kappa shape index (κ2) is 4.69. The molecule has 1 fully saturated rings. The van der Waals surface area contributed by atoms with Crippen LogP contribution in [0, 0.1) is 11.3 Å². The number of nitriles is 1. The summed E-state index contributed by atoms with van der Waals surface area (Å²) in [6.45, 7) is 3.60. The molecule has 19 heavy (non-hydrogen) atoms. The summed E-state index contributed by atoms with van der Waals surface area (Å²) in [5.74, 6) is -0.271. The van der Waals surface area contributed by atoms with Gasteiger partial charge in [0.25, 0.3) is 5.91 Å². The van der Waals surface area contributed by atoms with E-state index >= 15 is 0 Å². The lowest BCUT2D eigenvalue weighted by atomic mass is 9.99. The average molecular weight is 258 g/mol. The molecular weight excluding hydrogens is 244 g/mol. The number of urea groups is 1. The van der Waals surface area contributed by atoms with Gasteiger partial charge in [0.15, 0.2) is 0 Å². The highest BCUT2D eigenvalue weighted by Crippen LogP contribution is 2.23. The molecule has 0 aliphatic carbocycles. The highest BCUT2D eigenvalue weighted by Gasteiger charge is 2.46. The number of nitrogens with zero attached hydrogens (tertiary/aromatic N) is 3. The molecule has 0 radical (unpaired) electrons. The molecule has 1 saturated heterocycles. The Labute approximate surface area is 111 Å². The van der Waals surface area contributed by atoms with E-state index in [-0.39, 0.29) is 18.1 Å². The molecule has 1 aliphatic heterocycles. The zero-order valence-corrected chi connectivity index (χ0v) is 10.8. The van der Waals surface area contributed by atoms with Gasteiger partial charge in [0, 0.05) is 11.8 Å². The van der Waals surface area contributed by atoms with Gasteiger partial charge in [0.05, 0.1) is 6.54 Å². The Morgan fingerprint density at radius 1 is 1.53 bits per heavy atom. The Morgan fingerprint density at radius 3 is 2.84 bits per heavy atom. The second-order valence-electron chi connectivity index (χ2n) is 4.63. The van der Waals surface area contributed by atoms with Crippen LogP contribution in [0.15, 0.2) is 18.3 Å². The monoisotopic (exact) mass is 258 g/mol. The Hall–Kier alpha value is -2.42. The molecule has 3 amide bonds. The van der Waals surface area contributed by atoms with Crippen molar-refractivity contribution in [1.29, 1.82) is 5.26 Å². The summed E-state index contributed by atoms with van der Waals surface area (Å²) in [5.41, 5.74) is -0.0615. The highest BCUT2D eigenvalue weighted by atomic mass is 16.2. The maximum atomic E-state index is 12.2. The predicted molar refractivity (Wildman–Crippen MR) is 66.7 cm³/mol. The Kier molecular flexibility index (Phi) is 3.21. The summed E-state index contributed by atoms with van der Waals surface area (Å²) in [6.07, 6.45) is 2.02. The van der Waals surface area contributed by atoms with Gasteiger partial charge in [0.2, 0.25) is 0 Å². The van der Waals surface area contributed by atoms with Gasteiger partial charge in [-0.1, -0.05) is 13.0 Å². The van der Waals surface area contributed by atoms with Crippen LogP contribution in [0.2, 0.25) is 0 Å². The van der Waals surface area contributed by atoms with Crippen LogP contribution in [0.5, 0.6) is 0 Å². The van der Waals surface area contributed by atoms with Gasteiger partial charge in [-0.15, -0.1) is 0 Å². The number of carbonyl (C=O) groups excluding carboxylic acids is 2. The zero-order valence-electron chi connectivity index (χ0n) is 10.8. The Balaban J connectivity index is 2.27. The fourth-order valence-corrected chi connectivity index (χ4v) is 1.97. The molecule has 1 aromatic heterocycles. The van der Waals surface area contributed by atoms with Crippen LogP contribution in [0.1, 0.15) is 31.5 Å². The van der Waals surface area contributed by atoms with Crippen LogP contribution in [0.25, 0.3) is 0 Å². The van der Waals surface area contributed by atoms with E-state index in [2.05, 4.69) is 10.3 Å². The first-order valence-corrected chi connectivity index (χ1v) is 6.00. The number of nitrogens with one attached hydrogen (secondary N) is 1. The number of pyridine rings is 1. The van der Waals surface area contributed by atoms with Gasteiger partial charge in [-0.3, -0.25) is 9.69 Å². The van der Waals surface area contributed by atoms with Crippen LogP contribution in [-0.2, 0) is 11.3 Å². The lowest BCUT2D eigenvalue weighted by Crippen LogP contribution is -2.43. The van der Waals surface area contributed by atoms with Gasteiger partial charge in [-0.25, -0.2) is 9.78 Å². The largest absolute Gasteiger partial charge is 0.325 e. The lowest BCUT2D eigenvalue weighted by molar-refractivity contribution is -0.131. The van der Waals surface area contributed by atoms with E-state index in [0.717, 1.165) is 4.90 Å². The van der Waals surface area contributed by atoms with Crippen LogP contribution >= 0.6 is 0 Å². The van der Waals surface area contributed by atoms with E-state index < -0.39 is 11.6 Å². The van der Waals surface area contributed by atoms with Crippen molar-refractivity contribution in [3.63, 3.8) is 0 Å². The van der Waals surface area contributed by atoms with Crippen molar-refractivity contribution >= 4 is 11.9 Å². The van der Waals surface area contributed by atoms with E-state index in [1.165, 1.54) is 6.20 Å². The summed E-state index contributed by atoms with van der Waals surface area (Å²) < 4.78 is 0. The normalized spacial score (nSPS) is 22.3. The quantitative estimate of drug-likeness (QED) is 0.825. The number of hydrogen-bond donors (Lipinski definition) is 1. The minimum atomic E-state index is -0.855. The topological polar surface area (TPSA) is 86.1 Å². The van der Waals surface area contributed by atoms with Gasteiger partial charge < -0.3 is 5.32 Å². The summed E-state index contributed by atoms with van der Waals surface area (Å²) in [7, 11) is 0. The maximum Gasteiger partial charge on any atom is 0.325 e. The van der Waals surface area contributed by atoms with Crippen molar-refractivity contribution < 1.29 is 9.59 Å². The molecule has 1 unspecified atom stereocenters. The molecule has 1 aromatic rings. The highest BCUT2D eigenvalue weighted by molar-refractivity contribution is 6.06. The van der Waals surface area contributed by atoms with E-state index in [1.54, 1.807) is 19.1 Å². The molecule has 6 nitrogen and oxygen atoms in total. The molecule has 1 atom stereocenters. The lowest BCUT2D eigenvalue weighted by Gasteiger charge is -2.19. The van der Waals surface area contributed by atoms with E-state index in [0.29, 0.717) is 12.0 Å². The number of hydrogen-bond acceptors (Lipinski definition) is 4. The van der Waals surface area contributed by atoms with Gasteiger partial charge >= 0.3 is 6.03 Å². The minimum absolute atomic E-state index is 0.0665. The molecule has 0 bridgehead atoms. The standard InChI is InChI=1S/C13H14N4O2/c1-3-13(2)11(18)17(12(19)16-13)8-9-5-4-6-15-10(9)7-14/h4-6H,3,8H2,1-2H3,(H,16,19). The van der Waals surface area contributed by atoms with Gasteiger partial charge in [-0.05, 0) is 19.4 Å². The maximum absolute atomic E-state index is 12.2.